The highest BCUT2D eigenvalue weighted by Gasteiger charge is 2.22. The maximum atomic E-state index is 12.1. The van der Waals surface area contributed by atoms with Gasteiger partial charge in [-0.3, -0.25) is 4.98 Å². The third-order valence-electron chi connectivity index (χ3n) is 2.33. The van der Waals surface area contributed by atoms with Crippen LogP contribution in [0.25, 0.3) is 0 Å². The zero-order chi connectivity index (χ0) is 12.2. The average molecular weight is 243 g/mol. The predicted octanol–water partition coefficient (Wildman–Crippen LogP) is 1.08. The van der Waals surface area contributed by atoms with Crippen molar-refractivity contribution < 1.29 is 8.42 Å². The van der Waals surface area contributed by atoms with Crippen molar-refractivity contribution in [2.75, 3.05) is 19.3 Å². The normalized spacial score (nSPS) is 11.9. The summed E-state index contributed by atoms with van der Waals surface area (Å²) in [7, 11) is -1.94. The summed E-state index contributed by atoms with van der Waals surface area (Å²) in [6, 6.07) is 1.49. The fourth-order valence-corrected chi connectivity index (χ4v) is 2.54. The van der Waals surface area contributed by atoms with Crippen LogP contribution in [0.4, 0.5) is 5.69 Å². The van der Waals surface area contributed by atoms with Crippen molar-refractivity contribution in [3.8, 4) is 0 Å². The number of unbranched alkanes of at least 4 members (excludes halogenated alkanes) is 1. The van der Waals surface area contributed by atoms with Crippen molar-refractivity contribution in [2.24, 2.45) is 0 Å². The topological polar surface area (TPSA) is 76.3 Å². The quantitative estimate of drug-likeness (QED) is 0.839. The smallest absolute Gasteiger partial charge is 0.246 e. The van der Waals surface area contributed by atoms with E-state index in [0.29, 0.717) is 6.54 Å². The van der Waals surface area contributed by atoms with Gasteiger partial charge in [0.25, 0.3) is 0 Å². The molecule has 5 nitrogen and oxygen atoms in total. The number of pyridine rings is 1. The second kappa shape index (κ2) is 5.27. The van der Waals surface area contributed by atoms with Gasteiger partial charge in [0.1, 0.15) is 4.90 Å². The SMILES string of the molecule is CCCCN(C)S(=O)(=O)c1cnccc1N. The number of hydrogen-bond acceptors (Lipinski definition) is 4. The van der Waals surface area contributed by atoms with Crippen molar-refractivity contribution in [1.29, 1.82) is 0 Å². The molecule has 0 aromatic carbocycles. The van der Waals surface area contributed by atoms with E-state index in [0.717, 1.165) is 12.8 Å². The molecule has 0 amide bonds. The lowest BCUT2D eigenvalue weighted by molar-refractivity contribution is 0.459. The third-order valence-corrected chi connectivity index (χ3v) is 4.23. The Morgan fingerprint density at radius 3 is 2.75 bits per heavy atom. The van der Waals surface area contributed by atoms with Gasteiger partial charge in [0, 0.05) is 26.0 Å². The summed E-state index contributed by atoms with van der Waals surface area (Å²) in [5, 5.41) is 0. The molecule has 90 valence electrons. The highest BCUT2D eigenvalue weighted by Crippen LogP contribution is 2.19. The maximum Gasteiger partial charge on any atom is 0.246 e. The monoisotopic (exact) mass is 243 g/mol. The number of aromatic nitrogens is 1. The van der Waals surface area contributed by atoms with E-state index in [9.17, 15) is 8.42 Å². The van der Waals surface area contributed by atoms with Crippen LogP contribution >= 0.6 is 0 Å². The van der Waals surface area contributed by atoms with Gasteiger partial charge >= 0.3 is 0 Å². The molecular formula is C10H17N3O2S. The second-order valence-corrected chi connectivity index (χ2v) is 5.61. The van der Waals surface area contributed by atoms with E-state index in [1.165, 1.54) is 22.8 Å². The van der Waals surface area contributed by atoms with Gasteiger partial charge < -0.3 is 5.73 Å². The molecule has 1 aromatic heterocycles. The van der Waals surface area contributed by atoms with Crippen LogP contribution in [-0.4, -0.2) is 31.3 Å². The lowest BCUT2D eigenvalue weighted by Gasteiger charge is -2.17. The molecule has 2 N–H and O–H groups in total. The molecule has 1 rings (SSSR count). The minimum Gasteiger partial charge on any atom is -0.398 e. The van der Waals surface area contributed by atoms with Crippen LogP contribution in [0.2, 0.25) is 0 Å². The van der Waals surface area contributed by atoms with E-state index >= 15 is 0 Å². The summed E-state index contributed by atoms with van der Waals surface area (Å²) in [5.74, 6) is 0. The van der Waals surface area contributed by atoms with Crippen molar-refractivity contribution in [2.45, 2.75) is 24.7 Å². The van der Waals surface area contributed by atoms with Crippen LogP contribution in [0.3, 0.4) is 0 Å². The van der Waals surface area contributed by atoms with Crippen molar-refractivity contribution in [3.05, 3.63) is 18.5 Å². The van der Waals surface area contributed by atoms with Crippen LogP contribution in [-0.2, 0) is 10.0 Å². The summed E-state index contributed by atoms with van der Waals surface area (Å²) in [5.41, 5.74) is 5.86. The van der Waals surface area contributed by atoms with E-state index in [-0.39, 0.29) is 10.6 Å². The first kappa shape index (κ1) is 12.9. The number of nitrogens with two attached hydrogens (primary N) is 1. The molecule has 1 aromatic rings. The molecule has 0 unspecified atom stereocenters. The summed E-state index contributed by atoms with van der Waals surface area (Å²) >= 11 is 0. The Morgan fingerprint density at radius 2 is 2.19 bits per heavy atom. The minimum atomic E-state index is -3.50. The molecular weight excluding hydrogens is 226 g/mol. The summed E-state index contributed by atoms with van der Waals surface area (Å²) in [6.07, 6.45) is 4.53. The molecule has 0 bridgehead atoms. The first-order valence-electron chi connectivity index (χ1n) is 5.16. The van der Waals surface area contributed by atoms with E-state index < -0.39 is 10.0 Å². The average Bonchev–Trinajstić information content (AvgIpc) is 2.26. The molecule has 0 spiro atoms. The Labute approximate surface area is 96.3 Å². The Morgan fingerprint density at radius 1 is 1.50 bits per heavy atom. The number of nitrogen functional groups attached to an aromatic ring is 1. The Balaban J connectivity index is 2.98. The van der Waals surface area contributed by atoms with Crippen molar-refractivity contribution in [1.82, 2.24) is 9.29 Å². The highest BCUT2D eigenvalue weighted by atomic mass is 32.2. The number of rotatable bonds is 5. The Hall–Kier alpha value is -1.14. The third kappa shape index (κ3) is 2.70. The minimum absolute atomic E-state index is 0.0774. The first-order valence-corrected chi connectivity index (χ1v) is 6.60. The molecule has 0 atom stereocenters. The highest BCUT2D eigenvalue weighted by molar-refractivity contribution is 7.89. The summed E-state index contributed by atoms with van der Waals surface area (Å²) < 4.78 is 25.4. The summed E-state index contributed by atoms with van der Waals surface area (Å²) in [6.45, 7) is 2.51. The standard InChI is InChI=1S/C10H17N3O2S/c1-3-4-7-13(2)16(14,15)10-8-12-6-5-9(10)11/h5-6,8H,3-4,7H2,1-2H3,(H2,11,12). The van der Waals surface area contributed by atoms with E-state index in [2.05, 4.69) is 4.98 Å². The Kier molecular flexibility index (Phi) is 4.26. The number of sulfonamides is 1. The number of hydrogen-bond donors (Lipinski definition) is 1. The lowest BCUT2D eigenvalue weighted by atomic mass is 10.3. The Bertz CT molecular complexity index is 445. The van der Waals surface area contributed by atoms with Gasteiger partial charge in [0.2, 0.25) is 10.0 Å². The van der Waals surface area contributed by atoms with Gasteiger partial charge in [0.15, 0.2) is 0 Å². The lowest BCUT2D eigenvalue weighted by Crippen LogP contribution is -2.28. The summed E-state index contributed by atoms with van der Waals surface area (Å²) in [4.78, 5) is 3.87. The largest absolute Gasteiger partial charge is 0.398 e. The molecule has 6 heteroatoms. The fourth-order valence-electron chi connectivity index (χ4n) is 1.28. The van der Waals surface area contributed by atoms with Gasteiger partial charge in [-0.25, -0.2) is 12.7 Å². The molecule has 0 aliphatic rings. The van der Waals surface area contributed by atoms with E-state index in [1.54, 1.807) is 7.05 Å². The molecule has 0 saturated carbocycles. The zero-order valence-corrected chi connectivity index (χ0v) is 10.4. The van der Waals surface area contributed by atoms with Crippen molar-refractivity contribution in [3.63, 3.8) is 0 Å². The molecule has 0 aliphatic carbocycles. The van der Waals surface area contributed by atoms with E-state index in [1.807, 2.05) is 6.92 Å². The first-order chi connectivity index (χ1) is 7.50. The zero-order valence-electron chi connectivity index (χ0n) is 9.55. The van der Waals surface area contributed by atoms with Crippen LogP contribution in [0.5, 0.6) is 0 Å². The maximum absolute atomic E-state index is 12.1. The molecule has 0 aliphatic heterocycles. The number of anilines is 1. The van der Waals surface area contributed by atoms with Crippen LogP contribution in [0.15, 0.2) is 23.4 Å². The molecule has 0 radical (unpaired) electrons. The molecule has 0 saturated heterocycles. The predicted molar refractivity (Wildman–Crippen MR) is 63.4 cm³/mol. The molecule has 1 heterocycles. The molecule has 16 heavy (non-hydrogen) atoms. The van der Waals surface area contributed by atoms with Crippen LogP contribution in [0, 0.1) is 0 Å². The van der Waals surface area contributed by atoms with Gasteiger partial charge in [-0.2, -0.15) is 0 Å². The fraction of sp³-hybridized carbons (Fsp3) is 0.500. The second-order valence-electron chi connectivity index (χ2n) is 3.59. The molecule has 0 fully saturated rings. The number of nitrogens with zero attached hydrogens (tertiary/aromatic N) is 2. The van der Waals surface area contributed by atoms with Gasteiger partial charge in [-0.1, -0.05) is 13.3 Å². The van der Waals surface area contributed by atoms with Gasteiger partial charge in [0.05, 0.1) is 5.69 Å². The van der Waals surface area contributed by atoms with Crippen molar-refractivity contribution >= 4 is 15.7 Å². The van der Waals surface area contributed by atoms with Gasteiger partial charge in [-0.15, -0.1) is 0 Å². The van der Waals surface area contributed by atoms with Gasteiger partial charge in [-0.05, 0) is 12.5 Å². The van der Waals surface area contributed by atoms with E-state index in [4.69, 9.17) is 5.73 Å². The van der Waals surface area contributed by atoms with Crippen LogP contribution in [0.1, 0.15) is 19.8 Å². The van der Waals surface area contributed by atoms with Crippen LogP contribution < -0.4 is 5.73 Å².